The molecule has 0 radical (unpaired) electrons. The van der Waals surface area contributed by atoms with Gasteiger partial charge < -0.3 is 10.0 Å². The van der Waals surface area contributed by atoms with Gasteiger partial charge in [0, 0.05) is 38.6 Å². The van der Waals surface area contributed by atoms with Crippen molar-refractivity contribution in [3.63, 3.8) is 0 Å². The summed E-state index contributed by atoms with van der Waals surface area (Å²) in [6.07, 6.45) is 2.42. The van der Waals surface area contributed by atoms with Gasteiger partial charge in [-0.1, -0.05) is 0 Å². The van der Waals surface area contributed by atoms with E-state index in [9.17, 15) is 17.2 Å². The van der Waals surface area contributed by atoms with Gasteiger partial charge in [0.15, 0.2) is 9.84 Å². The summed E-state index contributed by atoms with van der Waals surface area (Å²) < 4.78 is 49.0. The third-order valence-corrected chi connectivity index (χ3v) is 4.63. The first kappa shape index (κ1) is 17.0. The first-order valence-corrected chi connectivity index (χ1v) is 8.72. The number of aliphatic hydroxyl groups is 1. The van der Waals surface area contributed by atoms with Gasteiger partial charge in [0.2, 0.25) is 0 Å². The normalized spacial score (nSPS) is 17.7. The largest absolute Gasteiger partial charge is 0.390 e. The number of piperazine rings is 1. The van der Waals surface area contributed by atoms with E-state index in [2.05, 4.69) is 4.98 Å². The molecule has 22 heavy (non-hydrogen) atoms. The molecule has 0 aromatic carbocycles. The molecule has 9 heteroatoms. The highest BCUT2D eigenvalue weighted by molar-refractivity contribution is 7.90. The van der Waals surface area contributed by atoms with Crippen molar-refractivity contribution in [3.8, 4) is 0 Å². The van der Waals surface area contributed by atoms with E-state index >= 15 is 0 Å². The molecule has 0 spiro atoms. The Bertz CT molecular complexity index is 599. The summed E-state index contributed by atoms with van der Waals surface area (Å²) in [6.45, 7) is 0.301. The van der Waals surface area contributed by atoms with Crippen molar-refractivity contribution in [1.82, 2.24) is 9.88 Å². The van der Waals surface area contributed by atoms with Gasteiger partial charge in [-0.2, -0.15) is 0 Å². The highest BCUT2D eigenvalue weighted by Crippen LogP contribution is 2.19. The molecular weight excluding hydrogens is 316 g/mol. The summed E-state index contributed by atoms with van der Waals surface area (Å²) in [5.41, 5.74) is 0. The molecule has 0 unspecified atom stereocenters. The van der Waals surface area contributed by atoms with Crippen LogP contribution in [0.15, 0.2) is 23.2 Å². The Morgan fingerprint density at radius 2 is 1.91 bits per heavy atom. The van der Waals surface area contributed by atoms with Crippen molar-refractivity contribution in [1.29, 1.82) is 0 Å². The number of aliphatic hydroxyl groups excluding tert-OH is 1. The van der Waals surface area contributed by atoms with Crippen molar-refractivity contribution in [2.75, 3.05) is 50.5 Å². The molecule has 2 heterocycles. The molecule has 1 aromatic rings. The lowest BCUT2D eigenvalue weighted by Gasteiger charge is -2.36. The number of hydrogen-bond donors (Lipinski definition) is 1. The van der Waals surface area contributed by atoms with Gasteiger partial charge in [0.25, 0.3) is 5.92 Å². The number of nitrogens with zero attached hydrogens (tertiary/aromatic N) is 3. The number of anilines is 1. The van der Waals surface area contributed by atoms with Crippen LogP contribution in [0.25, 0.3) is 0 Å². The molecule has 1 aliphatic heterocycles. The van der Waals surface area contributed by atoms with Crippen molar-refractivity contribution in [3.05, 3.63) is 18.3 Å². The van der Waals surface area contributed by atoms with E-state index in [4.69, 9.17) is 5.11 Å². The van der Waals surface area contributed by atoms with Crippen molar-refractivity contribution < 1.29 is 22.3 Å². The Morgan fingerprint density at radius 3 is 2.36 bits per heavy atom. The van der Waals surface area contributed by atoms with Crippen LogP contribution < -0.4 is 4.90 Å². The average Bonchev–Trinajstić information content (AvgIpc) is 2.47. The second-order valence-electron chi connectivity index (χ2n) is 5.40. The Balaban J connectivity index is 1.94. The van der Waals surface area contributed by atoms with Crippen LogP contribution in [0, 0.1) is 0 Å². The molecule has 124 valence electrons. The summed E-state index contributed by atoms with van der Waals surface area (Å²) in [7, 11) is -3.28. The first-order chi connectivity index (χ1) is 10.2. The molecule has 1 aliphatic rings. The van der Waals surface area contributed by atoms with E-state index < -0.39 is 28.9 Å². The van der Waals surface area contributed by atoms with E-state index in [-0.39, 0.29) is 4.90 Å². The third-order valence-electron chi connectivity index (χ3n) is 3.53. The molecule has 0 bridgehead atoms. The van der Waals surface area contributed by atoms with Crippen LogP contribution >= 0.6 is 0 Å². The number of hydrogen-bond acceptors (Lipinski definition) is 6. The zero-order valence-electron chi connectivity index (χ0n) is 12.2. The number of halogens is 2. The van der Waals surface area contributed by atoms with Crippen molar-refractivity contribution in [2.45, 2.75) is 10.8 Å². The fourth-order valence-corrected chi connectivity index (χ4v) is 2.85. The topological polar surface area (TPSA) is 73.7 Å². The zero-order chi connectivity index (χ0) is 16.4. The second kappa shape index (κ2) is 6.43. The van der Waals surface area contributed by atoms with Gasteiger partial charge in [-0.15, -0.1) is 0 Å². The Labute approximate surface area is 128 Å². The minimum Gasteiger partial charge on any atom is -0.390 e. The van der Waals surface area contributed by atoms with Gasteiger partial charge in [0.1, 0.15) is 12.4 Å². The number of rotatable bonds is 5. The minimum atomic E-state index is -3.28. The Morgan fingerprint density at radius 1 is 1.27 bits per heavy atom. The molecular formula is C13H19F2N3O3S. The van der Waals surface area contributed by atoms with Crippen LogP contribution in [-0.2, 0) is 9.84 Å². The highest BCUT2D eigenvalue weighted by Gasteiger charge is 2.32. The minimum absolute atomic E-state index is 0.150. The van der Waals surface area contributed by atoms with E-state index in [1.165, 1.54) is 12.3 Å². The highest BCUT2D eigenvalue weighted by atomic mass is 32.2. The maximum atomic E-state index is 13.1. The van der Waals surface area contributed by atoms with Crippen LogP contribution in [0.4, 0.5) is 14.6 Å². The summed E-state index contributed by atoms with van der Waals surface area (Å²) in [5, 5.41) is 8.60. The van der Waals surface area contributed by atoms with E-state index in [0.717, 1.165) is 6.26 Å². The van der Waals surface area contributed by atoms with Crippen LogP contribution in [0.3, 0.4) is 0 Å². The molecule has 1 saturated heterocycles. The zero-order valence-corrected chi connectivity index (χ0v) is 13.1. The Hall–Kier alpha value is -1.32. The van der Waals surface area contributed by atoms with Crippen LogP contribution in [0.1, 0.15) is 0 Å². The van der Waals surface area contributed by atoms with Gasteiger partial charge in [0.05, 0.1) is 11.4 Å². The monoisotopic (exact) mass is 335 g/mol. The molecule has 0 saturated carbocycles. The molecule has 2 rings (SSSR count). The summed E-state index contributed by atoms with van der Waals surface area (Å²) in [6, 6.07) is 3.11. The predicted molar refractivity (Wildman–Crippen MR) is 78.0 cm³/mol. The molecule has 1 N–H and O–H groups in total. The Kier molecular flexibility index (Phi) is 4.98. The smallest absolute Gasteiger partial charge is 0.283 e. The number of alkyl halides is 2. The van der Waals surface area contributed by atoms with Gasteiger partial charge in [-0.3, -0.25) is 4.90 Å². The number of sulfone groups is 1. The van der Waals surface area contributed by atoms with E-state index in [1.54, 1.807) is 11.0 Å². The lowest BCUT2D eigenvalue weighted by Crippen LogP contribution is -2.50. The van der Waals surface area contributed by atoms with Crippen LogP contribution in [0.5, 0.6) is 0 Å². The number of pyridine rings is 1. The number of aromatic nitrogens is 1. The molecule has 0 atom stereocenters. The molecule has 0 amide bonds. The fraction of sp³-hybridized carbons (Fsp3) is 0.615. The SMILES string of the molecule is CS(=O)(=O)c1ccc(N2CCN(CC(F)(F)CO)CC2)nc1. The van der Waals surface area contributed by atoms with Gasteiger partial charge in [-0.05, 0) is 12.1 Å². The second-order valence-corrected chi connectivity index (χ2v) is 7.42. The molecule has 6 nitrogen and oxygen atoms in total. The van der Waals surface area contributed by atoms with Crippen LogP contribution in [0.2, 0.25) is 0 Å². The third kappa shape index (κ3) is 4.34. The molecule has 0 aliphatic carbocycles. The maximum Gasteiger partial charge on any atom is 0.283 e. The first-order valence-electron chi connectivity index (χ1n) is 6.83. The average molecular weight is 335 g/mol. The van der Waals surface area contributed by atoms with Crippen LogP contribution in [-0.4, -0.2) is 74.9 Å². The predicted octanol–water partition coefficient (Wildman–Crippen LogP) is 0.235. The van der Waals surface area contributed by atoms with E-state index in [0.29, 0.717) is 32.0 Å². The summed E-state index contributed by atoms with van der Waals surface area (Å²) in [4.78, 5) is 7.79. The molecule has 1 aromatic heterocycles. The van der Waals surface area contributed by atoms with Crippen molar-refractivity contribution in [2.24, 2.45) is 0 Å². The lowest BCUT2D eigenvalue weighted by molar-refractivity contribution is -0.0733. The standard InChI is InChI=1S/C13H19F2N3O3S/c1-22(20,21)11-2-3-12(16-8-11)18-6-4-17(5-7-18)9-13(14,15)10-19/h2-3,8,19H,4-7,9-10H2,1H3. The summed E-state index contributed by atoms with van der Waals surface area (Å²) in [5.74, 6) is -2.46. The lowest BCUT2D eigenvalue weighted by atomic mass is 10.2. The van der Waals surface area contributed by atoms with Gasteiger partial charge in [-0.25, -0.2) is 22.2 Å². The van der Waals surface area contributed by atoms with Crippen molar-refractivity contribution >= 4 is 15.7 Å². The quantitative estimate of drug-likeness (QED) is 0.831. The summed E-state index contributed by atoms with van der Waals surface area (Å²) >= 11 is 0. The van der Waals surface area contributed by atoms with E-state index in [1.807, 2.05) is 4.90 Å². The molecule has 1 fully saturated rings. The fourth-order valence-electron chi connectivity index (χ4n) is 2.29. The van der Waals surface area contributed by atoms with Gasteiger partial charge >= 0.3 is 0 Å². The maximum absolute atomic E-state index is 13.1.